The lowest BCUT2D eigenvalue weighted by atomic mass is 9.83. The summed E-state index contributed by atoms with van der Waals surface area (Å²) in [6.45, 7) is 2.74. The van der Waals surface area contributed by atoms with Crippen molar-refractivity contribution in [3.8, 4) is 0 Å². The zero-order valence-corrected chi connectivity index (χ0v) is 13.3. The van der Waals surface area contributed by atoms with Gasteiger partial charge >= 0.3 is 0 Å². The zero-order valence-electron chi connectivity index (χ0n) is 13.3. The maximum Gasteiger partial charge on any atom is 0.221 e. The number of carbonyl (C=O) groups excluding carboxylic acids is 1. The Kier molecular flexibility index (Phi) is 6.93. The van der Waals surface area contributed by atoms with Gasteiger partial charge in [0.2, 0.25) is 5.91 Å². The molecule has 5 heteroatoms. The van der Waals surface area contributed by atoms with Gasteiger partial charge in [-0.25, -0.2) is 0 Å². The van der Waals surface area contributed by atoms with Crippen molar-refractivity contribution >= 4 is 5.91 Å². The second-order valence-corrected chi connectivity index (χ2v) is 6.32. The summed E-state index contributed by atoms with van der Waals surface area (Å²) in [5.74, 6) is 0.0793. The van der Waals surface area contributed by atoms with Gasteiger partial charge in [0, 0.05) is 33.2 Å². The maximum absolute atomic E-state index is 11.5. The van der Waals surface area contributed by atoms with E-state index in [1.54, 1.807) is 7.11 Å². The molecule has 0 aromatic carbocycles. The molecule has 1 saturated carbocycles. The predicted molar refractivity (Wildman–Crippen MR) is 82.3 cm³/mol. The fourth-order valence-electron chi connectivity index (χ4n) is 3.45. The fraction of sp³-hybridized carbons (Fsp3) is 0.938. The van der Waals surface area contributed by atoms with Gasteiger partial charge in [-0.3, -0.25) is 4.79 Å². The summed E-state index contributed by atoms with van der Waals surface area (Å²) in [6.07, 6.45) is 9.72. The van der Waals surface area contributed by atoms with Crippen LogP contribution in [-0.2, 0) is 14.3 Å². The van der Waals surface area contributed by atoms with Gasteiger partial charge in [-0.05, 0) is 25.7 Å². The van der Waals surface area contributed by atoms with Crippen molar-refractivity contribution < 1.29 is 14.3 Å². The molecule has 1 amide bonds. The molecule has 21 heavy (non-hydrogen) atoms. The van der Waals surface area contributed by atoms with Crippen molar-refractivity contribution in [1.29, 1.82) is 0 Å². The van der Waals surface area contributed by atoms with Crippen LogP contribution >= 0.6 is 0 Å². The van der Waals surface area contributed by atoms with Gasteiger partial charge in [0.05, 0.1) is 18.3 Å². The predicted octanol–water partition coefficient (Wildman–Crippen LogP) is 1.61. The molecule has 2 N–H and O–H groups in total. The maximum atomic E-state index is 11.5. The van der Waals surface area contributed by atoms with Gasteiger partial charge in [-0.2, -0.15) is 0 Å². The lowest BCUT2D eigenvalue weighted by molar-refractivity contribution is -0.121. The Morgan fingerprint density at radius 2 is 2.05 bits per heavy atom. The molecule has 1 aliphatic carbocycles. The average Bonchev–Trinajstić information content (AvgIpc) is 2.87. The van der Waals surface area contributed by atoms with Crippen LogP contribution in [0.1, 0.15) is 51.4 Å². The Bertz CT molecular complexity index is 317. The summed E-state index contributed by atoms with van der Waals surface area (Å²) >= 11 is 0. The lowest BCUT2D eigenvalue weighted by Crippen LogP contribution is -2.36. The molecule has 2 rings (SSSR count). The molecule has 5 nitrogen and oxygen atoms in total. The number of carbonyl (C=O) groups is 1. The van der Waals surface area contributed by atoms with E-state index >= 15 is 0 Å². The summed E-state index contributed by atoms with van der Waals surface area (Å²) < 4.78 is 11.2. The first-order valence-electron chi connectivity index (χ1n) is 8.38. The molecular weight excluding hydrogens is 268 g/mol. The van der Waals surface area contributed by atoms with Crippen molar-refractivity contribution in [1.82, 2.24) is 10.6 Å². The van der Waals surface area contributed by atoms with Crippen molar-refractivity contribution in [2.75, 3.05) is 33.4 Å². The topological polar surface area (TPSA) is 59.6 Å². The quantitative estimate of drug-likeness (QED) is 0.668. The average molecular weight is 298 g/mol. The summed E-state index contributed by atoms with van der Waals surface area (Å²) in [4.78, 5) is 11.5. The van der Waals surface area contributed by atoms with Crippen molar-refractivity contribution in [3.63, 3.8) is 0 Å². The zero-order chi connectivity index (χ0) is 15.0. The van der Waals surface area contributed by atoms with Crippen LogP contribution in [0, 0.1) is 0 Å². The van der Waals surface area contributed by atoms with Gasteiger partial charge < -0.3 is 20.1 Å². The summed E-state index contributed by atoms with van der Waals surface area (Å²) in [5, 5.41) is 6.18. The number of nitrogens with one attached hydrogen (secondary N) is 2. The molecule has 0 bridgehead atoms. The normalized spacial score (nSPS) is 24.3. The fourth-order valence-corrected chi connectivity index (χ4v) is 3.45. The minimum absolute atomic E-state index is 0.0793. The van der Waals surface area contributed by atoms with Gasteiger partial charge in [0.15, 0.2) is 0 Å². The highest BCUT2D eigenvalue weighted by Crippen LogP contribution is 2.41. The minimum atomic E-state index is 0.0793. The highest BCUT2D eigenvalue weighted by molar-refractivity contribution is 5.75. The number of methoxy groups -OCH3 is 1. The standard InChI is InChI=1S/C16H30N2O3/c1-20-12-11-18-15(19)6-10-17-13-14-5-9-16(21-14)7-3-2-4-8-16/h14,17H,2-13H2,1H3,(H,18,19). The first-order valence-corrected chi connectivity index (χ1v) is 8.38. The van der Waals surface area contributed by atoms with Crippen LogP contribution in [0.2, 0.25) is 0 Å². The van der Waals surface area contributed by atoms with Gasteiger partial charge in [0.25, 0.3) is 0 Å². The number of hydrogen-bond donors (Lipinski definition) is 2. The van der Waals surface area contributed by atoms with Crippen LogP contribution < -0.4 is 10.6 Å². The van der Waals surface area contributed by atoms with E-state index in [0.29, 0.717) is 32.2 Å². The van der Waals surface area contributed by atoms with Crippen LogP contribution in [-0.4, -0.2) is 51.0 Å². The number of amides is 1. The Hall–Kier alpha value is -0.650. The third kappa shape index (κ3) is 5.57. The van der Waals surface area contributed by atoms with Crippen molar-refractivity contribution in [3.05, 3.63) is 0 Å². The van der Waals surface area contributed by atoms with E-state index in [4.69, 9.17) is 9.47 Å². The monoisotopic (exact) mass is 298 g/mol. The molecule has 0 aromatic rings. The molecule has 0 aromatic heterocycles. The molecule has 2 aliphatic rings. The third-order valence-electron chi connectivity index (χ3n) is 4.63. The second-order valence-electron chi connectivity index (χ2n) is 6.32. The molecule has 1 spiro atoms. The van der Waals surface area contributed by atoms with Crippen LogP contribution in [0.15, 0.2) is 0 Å². The number of rotatable bonds is 8. The van der Waals surface area contributed by atoms with Crippen LogP contribution in [0.3, 0.4) is 0 Å². The van der Waals surface area contributed by atoms with E-state index in [1.807, 2.05) is 0 Å². The van der Waals surface area contributed by atoms with E-state index in [-0.39, 0.29) is 11.5 Å². The first-order chi connectivity index (χ1) is 10.2. The van der Waals surface area contributed by atoms with E-state index in [1.165, 1.54) is 38.5 Å². The Morgan fingerprint density at radius 3 is 2.81 bits per heavy atom. The Morgan fingerprint density at radius 1 is 1.24 bits per heavy atom. The molecule has 1 aliphatic heterocycles. The molecule has 1 saturated heterocycles. The second kappa shape index (κ2) is 8.71. The molecular formula is C16H30N2O3. The molecule has 122 valence electrons. The van der Waals surface area contributed by atoms with Crippen molar-refractivity contribution in [2.24, 2.45) is 0 Å². The van der Waals surface area contributed by atoms with E-state index in [9.17, 15) is 4.79 Å². The van der Waals surface area contributed by atoms with Gasteiger partial charge in [-0.1, -0.05) is 19.3 Å². The largest absolute Gasteiger partial charge is 0.383 e. The lowest BCUT2D eigenvalue weighted by Gasteiger charge is -2.33. The van der Waals surface area contributed by atoms with Crippen LogP contribution in [0.5, 0.6) is 0 Å². The van der Waals surface area contributed by atoms with Gasteiger partial charge in [0.1, 0.15) is 0 Å². The highest BCUT2D eigenvalue weighted by Gasteiger charge is 2.40. The van der Waals surface area contributed by atoms with Gasteiger partial charge in [-0.15, -0.1) is 0 Å². The third-order valence-corrected chi connectivity index (χ3v) is 4.63. The smallest absolute Gasteiger partial charge is 0.221 e. The van der Waals surface area contributed by atoms with Crippen molar-refractivity contribution in [2.45, 2.75) is 63.1 Å². The van der Waals surface area contributed by atoms with E-state index < -0.39 is 0 Å². The molecule has 1 heterocycles. The minimum Gasteiger partial charge on any atom is -0.383 e. The summed E-state index contributed by atoms with van der Waals surface area (Å²) in [5.41, 5.74) is 0.197. The van der Waals surface area contributed by atoms with Crippen LogP contribution in [0.4, 0.5) is 0 Å². The van der Waals surface area contributed by atoms with E-state index in [0.717, 1.165) is 13.0 Å². The first kappa shape index (κ1) is 16.7. The Labute approximate surface area is 128 Å². The molecule has 0 radical (unpaired) electrons. The molecule has 2 fully saturated rings. The number of ether oxygens (including phenoxy) is 2. The highest BCUT2D eigenvalue weighted by atomic mass is 16.5. The SMILES string of the molecule is COCCNC(=O)CCNCC1CCC2(CCCCC2)O1. The Balaban J connectivity index is 1.52. The number of hydrogen-bond acceptors (Lipinski definition) is 4. The molecule has 1 atom stereocenters. The summed E-state index contributed by atoms with van der Waals surface area (Å²) in [6, 6.07) is 0. The van der Waals surface area contributed by atoms with E-state index in [2.05, 4.69) is 10.6 Å². The van der Waals surface area contributed by atoms with Crippen LogP contribution in [0.25, 0.3) is 0 Å². The summed E-state index contributed by atoms with van der Waals surface area (Å²) in [7, 11) is 1.63. The molecule has 1 unspecified atom stereocenters.